The Bertz CT molecular complexity index is 1810. The number of benzene rings is 3. The number of para-hydroxylation sites is 1. The lowest BCUT2D eigenvalue weighted by Crippen LogP contribution is -2.55. The molecule has 1 saturated heterocycles. The van der Waals surface area contributed by atoms with Crippen LogP contribution in [0.25, 0.3) is 0 Å². The van der Waals surface area contributed by atoms with E-state index in [1.807, 2.05) is 54.6 Å². The summed E-state index contributed by atoms with van der Waals surface area (Å²) in [6, 6.07) is 20.9. The molecule has 0 radical (unpaired) electrons. The standard InChI is InChI=1S/C42H55ClN4O12/c1-42(2,3)59-41(49)46-26-37(56-28-30-11-16-36-34(25-30)45(19-24-55-36)18-7-20-52-4)40(38(27-46)57-29-39(48)44-17-23-58-47(50)51)31-12-14-32(15-13-31)53-21-8-22-54-35-10-6-5-9-33(35)43/h5-6,9-16,25,37-38,40H,7-8,17-24,26-29H2,1-4H3,(H,44,48)/t37-,38+,40+/m0/s1. The quantitative estimate of drug-likeness (QED) is 0.0748. The summed E-state index contributed by atoms with van der Waals surface area (Å²) in [6.45, 7) is 8.75. The Morgan fingerprint density at radius 3 is 2.42 bits per heavy atom. The lowest BCUT2D eigenvalue weighted by Gasteiger charge is -2.43. The Labute approximate surface area is 350 Å². The number of ether oxygens (including phenoxy) is 7. The molecule has 3 aromatic carbocycles. The molecule has 0 aromatic heterocycles. The van der Waals surface area contributed by atoms with E-state index < -0.39 is 40.8 Å². The van der Waals surface area contributed by atoms with E-state index in [9.17, 15) is 19.7 Å². The van der Waals surface area contributed by atoms with Crippen LogP contribution in [0.2, 0.25) is 5.02 Å². The molecule has 5 rings (SSSR count). The number of hydrogen-bond acceptors (Lipinski definition) is 13. The maximum Gasteiger partial charge on any atom is 0.410 e. The second kappa shape index (κ2) is 22.4. The second-order valence-electron chi connectivity index (χ2n) is 15.1. The first-order valence-corrected chi connectivity index (χ1v) is 20.1. The third-order valence-electron chi connectivity index (χ3n) is 9.44. The lowest BCUT2D eigenvalue weighted by molar-refractivity contribution is -0.757. The summed E-state index contributed by atoms with van der Waals surface area (Å²) < 4.78 is 41.8. The van der Waals surface area contributed by atoms with Gasteiger partial charge in [-0.15, -0.1) is 10.1 Å². The van der Waals surface area contributed by atoms with Gasteiger partial charge in [0.05, 0.1) is 62.4 Å². The molecule has 59 heavy (non-hydrogen) atoms. The van der Waals surface area contributed by atoms with Gasteiger partial charge in [-0.3, -0.25) is 4.79 Å². The number of hydrogen-bond donors (Lipinski definition) is 1. The molecule has 3 atom stereocenters. The Hall–Kier alpha value is -5.03. The van der Waals surface area contributed by atoms with Gasteiger partial charge in [0.15, 0.2) is 0 Å². The summed E-state index contributed by atoms with van der Waals surface area (Å²) in [7, 11) is 1.69. The van der Waals surface area contributed by atoms with Crippen LogP contribution in [0.3, 0.4) is 0 Å². The molecule has 0 aliphatic carbocycles. The number of anilines is 1. The number of methoxy groups -OCH3 is 1. The van der Waals surface area contributed by atoms with E-state index in [2.05, 4.69) is 21.1 Å². The minimum Gasteiger partial charge on any atom is -0.493 e. The molecule has 16 nitrogen and oxygen atoms in total. The number of halogens is 1. The molecule has 2 aliphatic heterocycles. The Morgan fingerprint density at radius 1 is 0.949 bits per heavy atom. The summed E-state index contributed by atoms with van der Waals surface area (Å²) in [5, 5.41) is 12.7. The molecular weight excluding hydrogens is 788 g/mol. The number of carbonyl (C=O) groups excluding carboxylic acids is 2. The van der Waals surface area contributed by atoms with Crippen molar-refractivity contribution < 1.29 is 52.7 Å². The van der Waals surface area contributed by atoms with Crippen molar-refractivity contribution in [2.75, 3.05) is 84.4 Å². The predicted octanol–water partition coefficient (Wildman–Crippen LogP) is 6.05. The van der Waals surface area contributed by atoms with Crippen LogP contribution in [0.5, 0.6) is 17.2 Å². The molecule has 2 heterocycles. The highest BCUT2D eigenvalue weighted by Crippen LogP contribution is 2.37. The zero-order valence-electron chi connectivity index (χ0n) is 34.1. The van der Waals surface area contributed by atoms with Crippen LogP contribution in [0.1, 0.15) is 50.7 Å². The second-order valence-corrected chi connectivity index (χ2v) is 15.5. The first kappa shape index (κ1) is 45.1. The molecule has 0 unspecified atom stereocenters. The van der Waals surface area contributed by atoms with Crippen molar-refractivity contribution in [1.29, 1.82) is 0 Å². The van der Waals surface area contributed by atoms with Gasteiger partial charge >= 0.3 is 6.09 Å². The molecule has 0 bridgehead atoms. The summed E-state index contributed by atoms with van der Waals surface area (Å²) in [4.78, 5) is 45.1. The predicted molar refractivity (Wildman–Crippen MR) is 219 cm³/mol. The Kier molecular flexibility index (Phi) is 17.1. The van der Waals surface area contributed by atoms with Crippen LogP contribution in [0.4, 0.5) is 10.5 Å². The molecule has 1 fully saturated rings. The number of carbonyl (C=O) groups is 2. The normalized spacial score (nSPS) is 17.7. The van der Waals surface area contributed by atoms with Crippen LogP contribution >= 0.6 is 11.6 Å². The van der Waals surface area contributed by atoms with E-state index in [4.69, 9.17) is 44.8 Å². The molecular formula is C42H55ClN4O12. The number of fused-ring (bicyclic) bond motifs is 1. The minimum atomic E-state index is -0.926. The van der Waals surface area contributed by atoms with Gasteiger partial charge in [0.25, 0.3) is 5.09 Å². The topological polar surface area (TPSA) is 170 Å². The molecule has 1 N–H and O–H groups in total. The number of piperidine rings is 1. The molecule has 0 spiro atoms. The third kappa shape index (κ3) is 14.3. The average Bonchev–Trinajstić information content (AvgIpc) is 3.21. The molecule has 2 aliphatic rings. The maximum absolute atomic E-state index is 13.6. The lowest BCUT2D eigenvalue weighted by atomic mass is 9.84. The number of nitrogens with one attached hydrogen (secondary N) is 1. The van der Waals surface area contributed by atoms with Crippen molar-refractivity contribution in [3.8, 4) is 17.2 Å². The summed E-state index contributed by atoms with van der Waals surface area (Å²) in [5.74, 6) is 1.12. The average molecular weight is 843 g/mol. The van der Waals surface area contributed by atoms with Gasteiger partial charge in [0.2, 0.25) is 5.91 Å². The van der Waals surface area contributed by atoms with Gasteiger partial charge in [-0.05, 0) is 74.7 Å². The van der Waals surface area contributed by atoms with E-state index in [0.717, 1.165) is 42.1 Å². The Morgan fingerprint density at radius 2 is 1.69 bits per heavy atom. The van der Waals surface area contributed by atoms with Crippen LogP contribution in [0, 0.1) is 10.1 Å². The molecule has 2 amide bonds. The molecule has 0 saturated carbocycles. The van der Waals surface area contributed by atoms with E-state index in [1.54, 1.807) is 38.8 Å². The third-order valence-corrected chi connectivity index (χ3v) is 9.76. The van der Waals surface area contributed by atoms with Gasteiger partial charge in [-0.25, -0.2) is 4.79 Å². The highest BCUT2D eigenvalue weighted by Gasteiger charge is 2.42. The van der Waals surface area contributed by atoms with Crippen LogP contribution in [-0.4, -0.2) is 119 Å². The zero-order chi connectivity index (χ0) is 42.2. The van der Waals surface area contributed by atoms with E-state index >= 15 is 0 Å². The fraction of sp³-hybridized carbons (Fsp3) is 0.524. The van der Waals surface area contributed by atoms with Crippen LogP contribution < -0.4 is 24.4 Å². The van der Waals surface area contributed by atoms with Crippen LogP contribution in [0.15, 0.2) is 66.7 Å². The van der Waals surface area contributed by atoms with E-state index in [1.165, 1.54) is 0 Å². The van der Waals surface area contributed by atoms with Crippen molar-refractivity contribution in [3.63, 3.8) is 0 Å². The monoisotopic (exact) mass is 842 g/mol. The minimum absolute atomic E-state index is 0.0870. The summed E-state index contributed by atoms with van der Waals surface area (Å²) in [6.07, 6.45) is -0.364. The maximum atomic E-state index is 13.6. The SMILES string of the molecule is COCCCN1CCOc2ccc(CO[C@H]3CN(C(=O)OC(C)(C)C)C[C@@H](OCC(=O)NCCO[N+](=O)[O-])[C@@H]3c3ccc(OCCCOc4ccccc4Cl)cc3)cc21. The van der Waals surface area contributed by atoms with Crippen molar-refractivity contribution >= 4 is 29.3 Å². The van der Waals surface area contributed by atoms with Gasteiger partial charge < -0.3 is 53.1 Å². The number of nitrogens with zero attached hydrogens (tertiary/aromatic N) is 3. The molecule has 322 valence electrons. The van der Waals surface area contributed by atoms with Gasteiger partial charge in [0, 0.05) is 39.1 Å². The van der Waals surface area contributed by atoms with Crippen molar-refractivity contribution in [1.82, 2.24) is 10.2 Å². The van der Waals surface area contributed by atoms with Crippen molar-refractivity contribution in [3.05, 3.63) is 93.0 Å². The van der Waals surface area contributed by atoms with E-state index in [-0.39, 0.29) is 39.5 Å². The van der Waals surface area contributed by atoms with Crippen molar-refractivity contribution in [2.45, 2.75) is 63.9 Å². The first-order chi connectivity index (χ1) is 28.4. The summed E-state index contributed by atoms with van der Waals surface area (Å²) in [5.41, 5.74) is 1.98. The largest absolute Gasteiger partial charge is 0.493 e. The van der Waals surface area contributed by atoms with Gasteiger partial charge in [-0.2, -0.15) is 0 Å². The van der Waals surface area contributed by atoms with Crippen LogP contribution in [-0.2, 0) is 35.2 Å². The first-order valence-electron chi connectivity index (χ1n) is 19.7. The number of rotatable bonds is 21. The van der Waals surface area contributed by atoms with E-state index in [0.29, 0.717) is 49.4 Å². The van der Waals surface area contributed by atoms with Gasteiger partial charge in [-0.1, -0.05) is 41.9 Å². The molecule has 17 heteroatoms. The van der Waals surface area contributed by atoms with Crippen molar-refractivity contribution in [2.24, 2.45) is 0 Å². The van der Waals surface area contributed by atoms with Gasteiger partial charge in [0.1, 0.15) is 42.7 Å². The summed E-state index contributed by atoms with van der Waals surface area (Å²) >= 11 is 6.20. The number of likely N-dealkylation sites (tertiary alicyclic amines) is 1. The number of amides is 2. The highest BCUT2D eigenvalue weighted by atomic mass is 35.5. The Balaban J connectivity index is 1.34. The highest BCUT2D eigenvalue weighted by molar-refractivity contribution is 6.32. The smallest absolute Gasteiger partial charge is 0.410 e. The fourth-order valence-corrected chi connectivity index (χ4v) is 6.95. The molecule has 3 aromatic rings. The zero-order valence-corrected chi connectivity index (χ0v) is 34.9. The fourth-order valence-electron chi connectivity index (χ4n) is 6.76.